The van der Waals surface area contributed by atoms with Crippen LogP contribution in [-0.2, 0) is 9.47 Å². The summed E-state index contributed by atoms with van der Waals surface area (Å²) in [5, 5.41) is 0. The molecule has 0 bridgehead atoms. The lowest BCUT2D eigenvalue weighted by Gasteiger charge is -1.93. The number of nitrogens with two attached hydrogens (primary N) is 2. The summed E-state index contributed by atoms with van der Waals surface area (Å²) in [7, 11) is 0. The molecule has 0 aromatic rings. The Labute approximate surface area is 93.3 Å². The first-order chi connectivity index (χ1) is 7.63. The van der Waals surface area contributed by atoms with E-state index >= 15 is 0 Å². The van der Waals surface area contributed by atoms with Gasteiger partial charge >= 0.3 is 12.2 Å². The normalized spacial score (nSPS) is 7.75. The van der Waals surface area contributed by atoms with E-state index in [1.165, 1.54) is 0 Å². The average Bonchev–Trinajstić information content (AvgIpc) is 2.20. The van der Waals surface area contributed by atoms with Gasteiger partial charge in [-0.2, -0.15) is 0 Å². The number of amides is 2. The van der Waals surface area contributed by atoms with Crippen molar-refractivity contribution < 1.29 is 19.1 Å². The van der Waals surface area contributed by atoms with Crippen LogP contribution in [0.25, 0.3) is 0 Å². The predicted octanol–water partition coefficient (Wildman–Crippen LogP) is -0.0360. The summed E-state index contributed by atoms with van der Waals surface area (Å²) in [5.74, 6) is 10.4. The van der Waals surface area contributed by atoms with Crippen molar-refractivity contribution in [3.8, 4) is 23.7 Å². The maximum atomic E-state index is 10.1. The highest BCUT2D eigenvalue weighted by Gasteiger charge is 1.89. The van der Waals surface area contributed by atoms with Crippen molar-refractivity contribution in [2.75, 3.05) is 13.2 Å². The summed E-state index contributed by atoms with van der Waals surface area (Å²) in [6.45, 7) is 0.295. The van der Waals surface area contributed by atoms with E-state index in [0.29, 0.717) is 12.8 Å². The van der Waals surface area contributed by atoms with Crippen LogP contribution in [0.4, 0.5) is 9.59 Å². The number of hydrogen-bond donors (Lipinski definition) is 2. The Kier molecular flexibility index (Phi) is 7.88. The molecule has 6 heteroatoms. The van der Waals surface area contributed by atoms with Gasteiger partial charge in [0.1, 0.15) is 13.2 Å². The van der Waals surface area contributed by atoms with Gasteiger partial charge in [0, 0.05) is 12.8 Å². The molecular weight excluding hydrogens is 212 g/mol. The summed E-state index contributed by atoms with van der Waals surface area (Å²) >= 11 is 0. The smallest absolute Gasteiger partial charge is 0.404 e. The Morgan fingerprint density at radius 1 is 0.875 bits per heavy atom. The lowest BCUT2D eigenvalue weighted by atomic mass is 10.4. The predicted molar refractivity (Wildman–Crippen MR) is 55.9 cm³/mol. The van der Waals surface area contributed by atoms with Gasteiger partial charge in [0.25, 0.3) is 0 Å². The Bertz CT molecular complexity index is 320. The van der Waals surface area contributed by atoms with Crippen LogP contribution in [0, 0.1) is 23.7 Å². The summed E-state index contributed by atoms with van der Waals surface area (Å²) in [4.78, 5) is 20.3. The molecule has 4 N–H and O–H groups in total. The molecule has 0 saturated heterocycles. The Hall–Kier alpha value is -2.34. The monoisotopic (exact) mass is 224 g/mol. The van der Waals surface area contributed by atoms with Gasteiger partial charge in [-0.1, -0.05) is 11.8 Å². The molecule has 2 amide bonds. The first-order valence-electron chi connectivity index (χ1n) is 4.43. The van der Waals surface area contributed by atoms with Crippen molar-refractivity contribution in [3.63, 3.8) is 0 Å². The number of carbonyl (C=O) groups excluding carboxylic acids is 2. The van der Waals surface area contributed by atoms with E-state index in [4.69, 9.17) is 11.5 Å². The van der Waals surface area contributed by atoms with E-state index in [1.807, 2.05) is 0 Å². The number of ether oxygens (including phenoxy) is 2. The summed E-state index contributed by atoms with van der Waals surface area (Å²) in [5.41, 5.74) is 9.45. The van der Waals surface area contributed by atoms with Crippen molar-refractivity contribution >= 4 is 12.2 Å². The molecule has 0 saturated carbocycles. The highest BCUT2D eigenvalue weighted by molar-refractivity contribution is 5.64. The second-order valence-corrected chi connectivity index (χ2v) is 2.44. The van der Waals surface area contributed by atoms with Gasteiger partial charge in [-0.15, -0.1) is 0 Å². The largest absolute Gasteiger partial charge is 0.449 e. The molecule has 0 spiro atoms. The van der Waals surface area contributed by atoms with E-state index in [9.17, 15) is 9.59 Å². The van der Waals surface area contributed by atoms with Crippen LogP contribution >= 0.6 is 0 Å². The topological polar surface area (TPSA) is 105 Å². The van der Waals surface area contributed by atoms with Crippen LogP contribution in [0.3, 0.4) is 0 Å². The molecule has 0 aliphatic rings. The maximum absolute atomic E-state index is 10.1. The van der Waals surface area contributed by atoms with Gasteiger partial charge in [0.05, 0.1) is 0 Å². The van der Waals surface area contributed by atoms with Crippen LogP contribution in [-0.4, -0.2) is 25.4 Å². The van der Waals surface area contributed by atoms with Gasteiger partial charge in [0.2, 0.25) is 0 Å². The second kappa shape index (κ2) is 9.22. The van der Waals surface area contributed by atoms with Crippen molar-refractivity contribution in [1.82, 2.24) is 0 Å². The number of primary amides is 2. The molecular formula is C10H12N2O4. The van der Waals surface area contributed by atoms with Crippen LogP contribution in [0.1, 0.15) is 12.8 Å². The number of carbonyl (C=O) groups is 2. The number of rotatable bonds is 4. The van der Waals surface area contributed by atoms with E-state index in [2.05, 4.69) is 33.2 Å². The zero-order valence-electron chi connectivity index (χ0n) is 8.62. The van der Waals surface area contributed by atoms with E-state index < -0.39 is 12.2 Å². The molecule has 0 fully saturated rings. The maximum Gasteiger partial charge on any atom is 0.404 e. The van der Waals surface area contributed by atoms with E-state index in [0.717, 1.165) is 0 Å². The zero-order chi connectivity index (χ0) is 12.2. The van der Waals surface area contributed by atoms with Crippen molar-refractivity contribution in [2.45, 2.75) is 12.8 Å². The summed E-state index contributed by atoms with van der Waals surface area (Å²) in [6.07, 6.45) is -0.905. The van der Waals surface area contributed by atoms with Crippen molar-refractivity contribution in [2.24, 2.45) is 11.5 Å². The van der Waals surface area contributed by atoms with Crippen LogP contribution in [0.5, 0.6) is 0 Å². The molecule has 16 heavy (non-hydrogen) atoms. The van der Waals surface area contributed by atoms with Gasteiger partial charge in [-0.3, -0.25) is 0 Å². The third kappa shape index (κ3) is 11.7. The fraction of sp³-hybridized carbons (Fsp3) is 0.400. The quantitative estimate of drug-likeness (QED) is 0.516. The first kappa shape index (κ1) is 13.7. The lowest BCUT2D eigenvalue weighted by molar-refractivity contribution is 0.158. The van der Waals surface area contributed by atoms with Gasteiger partial charge < -0.3 is 20.9 Å². The van der Waals surface area contributed by atoms with Gasteiger partial charge in [-0.25, -0.2) is 9.59 Å². The Morgan fingerprint density at radius 3 is 1.56 bits per heavy atom. The highest BCUT2D eigenvalue weighted by Crippen LogP contribution is 1.80. The van der Waals surface area contributed by atoms with Gasteiger partial charge in [0.15, 0.2) is 0 Å². The van der Waals surface area contributed by atoms with E-state index in [-0.39, 0.29) is 13.2 Å². The molecule has 0 aliphatic heterocycles. The lowest BCUT2D eigenvalue weighted by Crippen LogP contribution is -2.13. The Morgan fingerprint density at radius 2 is 1.25 bits per heavy atom. The fourth-order valence-electron chi connectivity index (χ4n) is 0.619. The third-order valence-corrected chi connectivity index (χ3v) is 1.18. The van der Waals surface area contributed by atoms with Crippen LogP contribution in [0.2, 0.25) is 0 Å². The molecule has 0 aliphatic carbocycles. The molecule has 6 nitrogen and oxygen atoms in total. The summed E-state index contributed by atoms with van der Waals surface area (Å²) < 4.78 is 8.86. The molecule has 0 heterocycles. The molecule has 0 rings (SSSR count). The second-order valence-electron chi connectivity index (χ2n) is 2.44. The van der Waals surface area contributed by atoms with Crippen molar-refractivity contribution in [1.29, 1.82) is 0 Å². The highest BCUT2D eigenvalue weighted by atomic mass is 16.5. The zero-order valence-corrected chi connectivity index (χ0v) is 8.62. The molecule has 0 atom stereocenters. The molecule has 0 aromatic carbocycles. The van der Waals surface area contributed by atoms with Crippen LogP contribution in [0.15, 0.2) is 0 Å². The average molecular weight is 224 g/mol. The fourth-order valence-corrected chi connectivity index (χ4v) is 0.619. The summed E-state index contributed by atoms with van der Waals surface area (Å²) in [6, 6.07) is 0. The Balaban J connectivity index is 3.48. The standard InChI is InChI=1S/C10H12N2O4/c11-9(13)15-7-5-3-1-2-4-6-8-16-10(12)14/h5-8H2,(H2,11,13)(H2,12,14). The molecule has 0 radical (unpaired) electrons. The van der Waals surface area contributed by atoms with Crippen LogP contribution < -0.4 is 11.5 Å². The minimum absolute atomic E-state index is 0.148. The van der Waals surface area contributed by atoms with E-state index in [1.54, 1.807) is 0 Å². The molecule has 86 valence electrons. The van der Waals surface area contributed by atoms with Crippen molar-refractivity contribution in [3.05, 3.63) is 0 Å². The molecule has 0 aromatic heterocycles. The first-order valence-corrected chi connectivity index (χ1v) is 4.43. The minimum atomic E-state index is -0.823. The molecule has 0 unspecified atom stereocenters. The SMILES string of the molecule is NC(=O)OCCC#CC#CCCOC(N)=O. The third-order valence-electron chi connectivity index (χ3n) is 1.18. The minimum Gasteiger partial charge on any atom is -0.449 e. The van der Waals surface area contributed by atoms with Gasteiger partial charge in [-0.05, 0) is 11.8 Å². The number of hydrogen-bond acceptors (Lipinski definition) is 4.